The van der Waals surface area contributed by atoms with Gasteiger partial charge in [-0.2, -0.15) is 12.1 Å². The average molecular weight is 643 g/mol. The summed E-state index contributed by atoms with van der Waals surface area (Å²) in [6.45, 7) is 8.61. The number of benzene rings is 2. The van der Waals surface area contributed by atoms with E-state index in [0.29, 0.717) is 0 Å². The van der Waals surface area contributed by atoms with Gasteiger partial charge in [-0.3, -0.25) is 0 Å². The van der Waals surface area contributed by atoms with Crippen LogP contribution >= 0.6 is 39.7 Å². The molecule has 0 bridgehead atoms. The van der Waals surface area contributed by atoms with Gasteiger partial charge in [-0.25, -0.2) is 0 Å². The number of fused-ring (bicyclic) bond motifs is 2. The second-order valence-electron chi connectivity index (χ2n) is 8.21. The van der Waals surface area contributed by atoms with Crippen LogP contribution in [-0.2, 0) is 20.8 Å². The minimum atomic E-state index is -0.826. The first-order valence-corrected chi connectivity index (χ1v) is 21.6. The molecule has 0 aliphatic heterocycles. The van der Waals surface area contributed by atoms with E-state index in [4.69, 9.17) is 17.0 Å². The predicted octanol–water partition coefficient (Wildman–Crippen LogP) is 11.4. The summed E-state index contributed by atoms with van der Waals surface area (Å²) in [7, 11) is 11.0. The molecule has 6 heteroatoms. The summed E-state index contributed by atoms with van der Waals surface area (Å²) in [6.07, 6.45) is 0. The molecule has 2 aromatic heterocycles. The zero-order chi connectivity index (χ0) is 25.9. The van der Waals surface area contributed by atoms with E-state index in [1.807, 2.05) is 0 Å². The molecule has 0 fully saturated rings. The summed E-state index contributed by atoms with van der Waals surface area (Å²) in [4.78, 5) is 2.71. The van der Waals surface area contributed by atoms with Crippen molar-refractivity contribution in [2.45, 2.75) is 26.9 Å². The molecular formula is C30H28Cl2S2SiZr. The fraction of sp³-hybridized carbons (Fsp3) is 0.133. The van der Waals surface area contributed by atoms with E-state index < -0.39 is 20.8 Å². The number of thiophene rings is 2. The molecule has 36 heavy (non-hydrogen) atoms. The van der Waals surface area contributed by atoms with E-state index in [1.54, 1.807) is 22.7 Å². The molecule has 0 aliphatic carbocycles. The summed E-state index contributed by atoms with van der Waals surface area (Å²) in [6, 6.07) is 30.6. The Morgan fingerprint density at radius 3 is 1.39 bits per heavy atom. The van der Waals surface area contributed by atoms with Crippen LogP contribution in [0.2, 0.25) is 13.1 Å². The summed E-state index contributed by atoms with van der Waals surface area (Å²) in [5.41, 5.74) is 5.40. The van der Waals surface area contributed by atoms with Crippen molar-refractivity contribution in [1.29, 1.82) is 0 Å². The molecule has 6 rings (SSSR count). The zero-order valence-corrected chi connectivity index (χ0v) is 27.4. The van der Waals surface area contributed by atoms with Crippen molar-refractivity contribution >= 4 is 70.8 Å². The first kappa shape index (κ1) is 29.3. The molecule has 0 spiro atoms. The zero-order valence-electron chi connectivity index (χ0n) is 20.8. The Morgan fingerprint density at radius 2 is 1.06 bits per heavy atom. The fourth-order valence-electron chi connectivity index (χ4n) is 4.06. The van der Waals surface area contributed by atoms with Gasteiger partial charge in [-0.1, -0.05) is 62.3 Å². The monoisotopic (exact) mass is 640 g/mol. The summed E-state index contributed by atoms with van der Waals surface area (Å²) in [5.74, 6) is 0. The Kier molecular flexibility index (Phi) is 12.4. The van der Waals surface area contributed by atoms with Crippen molar-refractivity contribution in [3.8, 4) is 20.9 Å². The van der Waals surface area contributed by atoms with Crippen LogP contribution in [0, 0.1) is 13.8 Å². The Morgan fingerprint density at radius 1 is 0.667 bits per heavy atom. The summed E-state index contributed by atoms with van der Waals surface area (Å²) >= 11 is 2.77. The third-order valence-electron chi connectivity index (χ3n) is 5.36. The van der Waals surface area contributed by atoms with Crippen molar-refractivity contribution in [3.63, 3.8) is 0 Å². The van der Waals surface area contributed by atoms with E-state index >= 15 is 0 Å². The van der Waals surface area contributed by atoms with Crippen LogP contribution < -0.4 is 0 Å². The Balaban J connectivity index is 0.000000165. The fourth-order valence-corrected chi connectivity index (χ4v) is 5.59. The number of aryl methyl sites for hydroxylation is 2. The van der Waals surface area contributed by atoms with Crippen molar-refractivity contribution in [3.05, 3.63) is 107 Å². The van der Waals surface area contributed by atoms with Gasteiger partial charge >= 0.3 is 37.9 Å². The maximum absolute atomic E-state index is 4.93. The van der Waals surface area contributed by atoms with Gasteiger partial charge in [-0.05, 0) is 22.9 Å². The SMILES string of the molecule is C[Si]C.Cc1cc2c(-c3cccs3)cccc2[cH-]1.Cc1cc2c(-c3cccs3)cccc2[cH-]1.[Cl][Zr+2][Cl]. The normalized spacial score (nSPS) is 9.94. The van der Waals surface area contributed by atoms with Crippen molar-refractivity contribution in [1.82, 2.24) is 0 Å². The van der Waals surface area contributed by atoms with Crippen molar-refractivity contribution in [2.24, 2.45) is 0 Å². The first-order chi connectivity index (χ1) is 17.5. The molecule has 0 nitrogen and oxygen atoms in total. The van der Waals surface area contributed by atoms with Crippen LogP contribution in [0.15, 0.2) is 95.7 Å². The van der Waals surface area contributed by atoms with Crippen molar-refractivity contribution in [2.75, 3.05) is 0 Å². The molecule has 6 aromatic rings. The standard InChI is InChI=1S/2C14H11S.C2H6Si.2ClH.Zr/c2*1-10-8-11-4-2-5-12(13(11)9-10)14-6-3-7-15-14;1-3-2;;;/h2*2-9H,1H3;1-2H3;2*1H;/q2*-1;;;;+4/p-2. The van der Waals surface area contributed by atoms with Gasteiger partial charge in [0.2, 0.25) is 0 Å². The molecule has 2 radical (unpaired) electrons. The van der Waals surface area contributed by atoms with Gasteiger partial charge < -0.3 is 0 Å². The molecule has 0 amide bonds. The quantitative estimate of drug-likeness (QED) is 0.130. The van der Waals surface area contributed by atoms with Gasteiger partial charge in [0.15, 0.2) is 0 Å². The van der Waals surface area contributed by atoms with Crippen LogP contribution in [0.4, 0.5) is 0 Å². The molecule has 182 valence electrons. The van der Waals surface area contributed by atoms with E-state index in [-0.39, 0.29) is 0 Å². The minimum absolute atomic E-state index is 0.826. The van der Waals surface area contributed by atoms with Gasteiger partial charge in [-0.15, -0.1) is 91.7 Å². The molecule has 2 heterocycles. The van der Waals surface area contributed by atoms with Gasteiger partial charge in [0.05, 0.1) is 0 Å². The number of rotatable bonds is 2. The van der Waals surface area contributed by atoms with Gasteiger partial charge in [0.25, 0.3) is 0 Å². The molecular weight excluding hydrogens is 615 g/mol. The Labute approximate surface area is 244 Å². The van der Waals surface area contributed by atoms with Crippen LogP contribution in [0.5, 0.6) is 0 Å². The predicted molar refractivity (Wildman–Crippen MR) is 164 cm³/mol. The van der Waals surface area contributed by atoms with Crippen LogP contribution in [0.3, 0.4) is 0 Å². The van der Waals surface area contributed by atoms with Crippen LogP contribution in [0.1, 0.15) is 11.1 Å². The van der Waals surface area contributed by atoms with E-state index in [1.165, 1.54) is 53.6 Å². The molecule has 0 N–H and O–H groups in total. The molecule has 4 aromatic carbocycles. The molecule has 0 aliphatic rings. The Bertz CT molecular complexity index is 1340. The second kappa shape index (κ2) is 15.2. The number of hydrogen-bond donors (Lipinski definition) is 0. The third-order valence-corrected chi connectivity index (χ3v) is 7.17. The number of halogens is 2. The van der Waals surface area contributed by atoms with E-state index in [0.717, 1.165) is 9.52 Å². The van der Waals surface area contributed by atoms with Crippen LogP contribution in [0.25, 0.3) is 42.4 Å². The number of hydrogen-bond acceptors (Lipinski definition) is 2. The van der Waals surface area contributed by atoms with Crippen molar-refractivity contribution < 1.29 is 20.8 Å². The van der Waals surface area contributed by atoms with E-state index in [9.17, 15) is 0 Å². The molecule has 0 saturated heterocycles. The summed E-state index contributed by atoms with van der Waals surface area (Å²) < 4.78 is 0. The second-order valence-corrected chi connectivity index (χ2v) is 14.8. The van der Waals surface area contributed by atoms with E-state index in [2.05, 4.69) is 123 Å². The summed E-state index contributed by atoms with van der Waals surface area (Å²) in [5, 5.41) is 9.69. The molecule has 0 atom stereocenters. The topological polar surface area (TPSA) is 0 Å². The first-order valence-electron chi connectivity index (χ1n) is 11.5. The van der Waals surface area contributed by atoms with Gasteiger partial charge in [0, 0.05) is 19.3 Å². The Hall–Kier alpha value is -1.26. The van der Waals surface area contributed by atoms with Crippen LogP contribution in [-0.4, -0.2) is 9.52 Å². The third kappa shape index (κ3) is 7.87. The van der Waals surface area contributed by atoms with Gasteiger partial charge in [0.1, 0.15) is 0 Å². The maximum atomic E-state index is 4.93. The molecule has 0 saturated carbocycles. The average Bonchev–Trinajstić information content (AvgIpc) is 3.66. The molecule has 0 unspecified atom stereocenters.